The standard InChI is InChI=1S/C11H14ClNO2S/c1-4-16(14,15)13-9-5-6-10(8(2)3)11(12)7-9/h5-7,13H,2,4H2,1,3H3. The number of rotatable bonds is 4. The summed E-state index contributed by atoms with van der Waals surface area (Å²) in [5.41, 5.74) is 2.13. The van der Waals surface area contributed by atoms with Crippen molar-refractivity contribution >= 4 is 32.9 Å². The van der Waals surface area contributed by atoms with Crippen molar-refractivity contribution in [1.82, 2.24) is 0 Å². The van der Waals surface area contributed by atoms with E-state index in [4.69, 9.17) is 11.6 Å². The molecular weight excluding hydrogens is 246 g/mol. The molecule has 0 aliphatic rings. The van der Waals surface area contributed by atoms with Crippen LogP contribution in [-0.2, 0) is 10.0 Å². The first-order valence-electron chi connectivity index (χ1n) is 4.81. The van der Waals surface area contributed by atoms with Gasteiger partial charge in [0.25, 0.3) is 0 Å². The quantitative estimate of drug-likeness (QED) is 0.903. The molecule has 0 amide bonds. The van der Waals surface area contributed by atoms with Gasteiger partial charge < -0.3 is 0 Å². The average Bonchev–Trinajstić information content (AvgIpc) is 2.16. The Labute approximate surface area is 101 Å². The lowest BCUT2D eigenvalue weighted by Crippen LogP contribution is -2.14. The molecule has 0 saturated carbocycles. The molecule has 5 heteroatoms. The molecule has 0 aliphatic heterocycles. The van der Waals surface area contributed by atoms with Crippen molar-refractivity contribution in [3.63, 3.8) is 0 Å². The monoisotopic (exact) mass is 259 g/mol. The Morgan fingerprint density at radius 1 is 1.50 bits per heavy atom. The van der Waals surface area contributed by atoms with Gasteiger partial charge in [0, 0.05) is 5.69 Å². The number of halogens is 1. The van der Waals surface area contributed by atoms with Gasteiger partial charge in [0.1, 0.15) is 0 Å². The van der Waals surface area contributed by atoms with Crippen molar-refractivity contribution in [2.75, 3.05) is 10.5 Å². The number of allylic oxidation sites excluding steroid dienone is 1. The summed E-state index contributed by atoms with van der Waals surface area (Å²) >= 11 is 6.00. The van der Waals surface area contributed by atoms with Crippen LogP contribution in [-0.4, -0.2) is 14.2 Å². The van der Waals surface area contributed by atoms with Crippen molar-refractivity contribution in [1.29, 1.82) is 0 Å². The fourth-order valence-electron chi connectivity index (χ4n) is 1.18. The fraction of sp³-hybridized carbons (Fsp3) is 0.273. The van der Waals surface area contributed by atoms with E-state index < -0.39 is 10.0 Å². The van der Waals surface area contributed by atoms with Crippen molar-refractivity contribution in [2.24, 2.45) is 0 Å². The molecule has 0 aliphatic carbocycles. The molecule has 1 rings (SSSR count). The number of anilines is 1. The van der Waals surface area contributed by atoms with Gasteiger partial charge in [-0.1, -0.05) is 24.2 Å². The van der Waals surface area contributed by atoms with E-state index in [-0.39, 0.29) is 5.75 Å². The normalized spacial score (nSPS) is 11.2. The van der Waals surface area contributed by atoms with Gasteiger partial charge in [-0.25, -0.2) is 8.42 Å². The highest BCUT2D eigenvalue weighted by Crippen LogP contribution is 2.26. The van der Waals surface area contributed by atoms with Crippen LogP contribution in [0.3, 0.4) is 0 Å². The minimum atomic E-state index is -3.25. The van der Waals surface area contributed by atoms with Crippen LogP contribution in [0.5, 0.6) is 0 Å². The van der Waals surface area contributed by atoms with E-state index in [2.05, 4.69) is 11.3 Å². The molecule has 0 aromatic heterocycles. The predicted molar refractivity (Wildman–Crippen MR) is 69.2 cm³/mol. The lowest BCUT2D eigenvalue weighted by atomic mass is 10.1. The Hall–Kier alpha value is -1.00. The molecule has 16 heavy (non-hydrogen) atoms. The summed E-state index contributed by atoms with van der Waals surface area (Å²) in [5, 5.41) is 0.490. The van der Waals surface area contributed by atoms with E-state index in [1.54, 1.807) is 25.1 Å². The third kappa shape index (κ3) is 3.25. The first-order valence-corrected chi connectivity index (χ1v) is 6.84. The Balaban J connectivity index is 3.03. The molecule has 0 radical (unpaired) electrons. The maximum absolute atomic E-state index is 11.3. The molecular formula is C11H14ClNO2S. The van der Waals surface area contributed by atoms with Crippen LogP contribution >= 0.6 is 11.6 Å². The van der Waals surface area contributed by atoms with Gasteiger partial charge in [-0.15, -0.1) is 0 Å². The molecule has 88 valence electrons. The lowest BCUT2D eigenvalue weighted by molar-refractivity contribution is 0.602. The van der Waals surface area contributed by atoms with Gasteiger partial charge >= 0.3 is 0 Å². The smallest absolute Gasteiger partial charge is 0.232 e. The molecule has 1 aromatic rings. The molecule has 0 fully saturated rings. The Bertz CT molecular complexity index is 509. The number of sulfonamides is 1. The molecule has 0 saturated heterocycles. The SMILES string of the molecule is C=C(C)c1ccc(NS(=O)(=O)CC)cc1Cl. The Morgan fingerprint density at radius 2 is 2.12 bits per heavy atom. The third-order valence-electron chi connectivity index (χ3n) is 2.08. The molecule has 3 nitrogen and oxygen atoms in total. The maximum Gasteiger partial charge on any atom is 0.232 e. The molecule has 0 bridgehead atoms. The van der Waals surface area contributed by atoms with Crippen LogP contribution in [0.1, 0.15) is 19.4 Å². The van der Waals surface area contributed by atoms with Crippen molar-refractivity contribution in [3.05, 3.63) is 35.4 Å². The van der Waals surface area contributed by atoms with Crippen molar-refractivity contribution < 1.29 is 8.42 Å². The first kappa shape index (κ1) is 13.1. The topological polar surface area (TPSA) is 46.2 Å². The second-order valence-corrected chi connectivity index (χ2v) is 5.90. The van der Waals surface area contributed by atoms with Crippen LogP contribution in [0.25, 0.3) is 5.57 Å². The van der Waals surface area contributed by atoms with Crippen LogP contribution in [0.2, 0.25) is 5.02 Å². The zero-order chi connectivity index (χ0) is 12.3. The van der Waals surface area contributed by atoms with Crippen LogP contribution < -0.4 is 4.72 Å². The van der Waals surface area contributed by atoms with Gasteiger partial charge in [-0.05, 0) is 37.1 Å². The molecule has 0 spiro atoms. The predicted octanol–water partition coefficient (Wildman–Crippen LogP) is 3.13. The van der Waals surface area contributed by atoms with E-state index in [0.29, 0.717) is 10.7 Å². The number of nitrogens with one attached hydrogen (secondary N) is 1. The lowest BCUT2D eigenvalue weighted by Gasteiger charge is -2.08. The summed E-state index contributed by atoms with van der Waals surface area (Å²) in [5.74, 6) is 0.0346. The Morgan fingerprint density at radius 3 is 2.56 bits per heavy atom. The minimum absolute atomic E-state index is 0.0346. The van der Waals surface area contributed by atoms with E-state index in [1.807, 2.05) is 6.92 Å². The van der Waals surface area contributed by atoms with Crippen LogP contribution in [0.4, 0.5) is 5.69 Å². The first-order chi connectivity index (χ1) is 7.35. The third-order valence-corrected chi connectivity index (χ3v) is 3.70. The van der Waals surface area contributed by atoms with Crippen LogP contribution in [0.15, 0.2) is 24.8 Å². The largest absolute Gasteiger partial charge is 0.284 e. The second kappa shape index (κ2) is 4.89. The van der Waals surface area contributed by atoms with Crippen LogP contribution in [0, 0.1) is 0 Å². The summed E-state index contributed by atoms with van der Waals surface area (Å²) in [6, 6.07) is 5.00. The number of benzene rings is 1. The highest BCUT2D eigenvalue weighted by Gasteiger charge is 2.08. The van der Waals surface area contributed by atoms with Gasteiger partial charge in [0.2, 0.25) is 10.0 Å². The number of hydrogen-bond acceptors (Lipinski definition) is 2. The van der Waals surface area contributed by atoms with Gasteiger partial charge in [0.05, 0.1) is 10.8 Å². The molecule has 0 unspecified atom stereocenters. The minimum Gasteiger partial charge on any atom is -0.284 e. The van der Waals surface area contributed by atoms with E-state index in [0.717, 1.165) is 11.1 Å². The van der Waals surface area contributed by atoms with Crippen molar-refractivity contribution in [3.8, 4) is 0 Å². The van der Waals surface area contributed by atoms with Gasteiger partial charge in [0.15, 0.2) is 0 Å². The van der Waals surface area contributed by atoms with Gasteiger partial charge in [-0.2, -0.15) is 0 Å². The fourth-order valence-corrected chi connectivity index (χ4v) is 2.15. The summed E-state index contributed by atoms with van der Waals surface area (Å²) in [4.78, 5) is 0. The molecule has 0 heterocycles. The van der Waals surface area contributed by atoms with E-state index in [1.165, 1.54) is 0 Å². The number of hydrogen-bond donors (Lipinski definition) is 1. The summed E-state index contributed by atoms with van der Waals surface area (Å²) in [6.07, 6.45) is 0. The Kier molecular flexibility index (Phi) is 3.99. The zero-order valence-corrected chi connectivity index (χ0v) is 10.8. The maximum atomic E-state index is 11.3. The van der Waals surface area contributed by atoms with E-state index in [9.17, 15) is 8.42 Å². The summed E-state index contributed by atoms with van der Waals surface area (Å²) < 4.78 is 25.1. The highest BCUT2D eigenvalue weighted by molar-refractivity contribution is 7.92. The van der Waals surface area contributed by atoms with E-state index >= 15 is 0 Å². The summed E-state index contributed by atoms with van der Waals surface area (Å²) in [6.45, 7) is 7.20. The van der Waals surface area contributed by atoms with Crippen molar-refractivity contribution in [2.45, 2.75) is 13.8 Å². The highest BCUT2D eigenvalue weighted by atomic mass is 35.5. The zero-order valence-electron chi connectivity index (χ0n) is 9.25. The second-order valence-electron chi connectivity index (χ2n) is 3.48. The molecule has 1 aromatic carbocycles. The van der Waals surface area contributed by atoms with Gasteiger partial charge in [-0.3, -0.25) is 4.72 Å². The molecule has 0 atom stereocenters. The summed E-state index contributed by atoms with van der Waals surface area (Å²) in [7, 11) is -3.25. The molecule has 1 N–H and O–H groups in total. The average molecular weight is 260 g/mol.